The fourth-order valence-corrected chi connectivity index (χ4v) is 3.98. The number of halogens is 2. The van der Waals surface area contributed by atoms with Gasteiger partial charge in [-0.1, -0.05) is 44.6 Å². The van der Waals surface area contributed by atoms with Gasteiger partial charge in [-0.15, -0.1) is 0 Å². The predicted molar refractivity (Wildman–Crippen MR) is 82.6 cm³/mol. The Morgan fingerprint density at radius 2 is 1.75 bits per heavy atom. The number of sulfonamides is 1. The number of isocyanates is 1. The van der Waals surface area contributed by atoms with Crippen molar-refractivity contribution in [2.45, 2.75) is 4.90 Å². The Morgan fingerprint density at radius 3 is 2.40 bits per heavy atom. The molecule has 2 aromatic rings. The molecule has 4 nitrogen and oxygen atoms in total. The molecule has 0 bridgehead atoms. The highest BCUT2D eigenvalue weighted by atomic mass is 79.9. The Labute approximate surface area is 132 Å². The zero-order valence-electron chi connectivity index (χ0n) is 9.88. The maximum absolute atomic E-state index is 11.8. The molecule has 0 amide bonds. The number of hydrogen-bond donors (Lipinski definition) is 0. The van der Waals surface area contributed by atoms with Crippen LogP contribution in [0.25, 0.3) is 11.1 Å². The molecule has 20 heavy (non-hydrogen) atoms. The summed E-state index contributed by atoms with van der Waals surface area (Å²) in [7, 11) is -4.04. The van der Waals surface area contributed by atoms with Gasteiger partial charge in [0.15, 0.2) is 0 Å². The second-order valence-electron chi connectivity index (χ2n) is 3.79. The second-order valence-corrected chi connectivity index (χ2v) is 7.07. The van der Waals surface area contributed by atoms with Crippen LogP contribution in [0.1, 0.15) is 0 Å². The van der Waals surface area contributed by atoms with Crippen molar-refractivity contribution in [2.24, 2.45) is 4.40 Å². The van der Waals surface area contributed by atoms with E-state index in [-0.39, 0.29) is 4.90 Å². The van der Waals surface area contributed by atoms with E-state index >= 15 is 0 Å². The Kier molecular flexibility index (Phi) is 4.55. The van der Waals surface area contributed by atoms with Gasteiger partial charge in [0, 0.05) is 8.95 Å². The largest absolute Gasteiger partial charge is 0.293 e. The molecule has 2 rings (SSSR count). The van der Waals surface area contributed by atoms with Crippen LogP contribution in [0.15, 0.2) is 60.7 Å². The SMILES string of the molecule is O=C=NS(=O)(=O)c1cccc(-c2cccc(Br)c2)c1Br. The molecule has 0 N–H and O–H groups in total. The van der Waals surface area contributed by atoms with Crippen LogP contribution in [0.3, 0.4) is 0 Å². The standard InChI is InChI=1S/C13H7Br2NO3S/c14-10-4-1-3-9(7-10)11-5-2-6-12(13(11)15)20(18,19)16-8-17/h1-7H. The third kappa shape index (κ3) is 3.07. The minimum absolute atomic E-state index is 0.0710. The fraction of sp³-hybridized carbons (Fsp3) is 0. The molecule has 0 atom stereocenters. The highest BCUT2D eigenvalue weighted by Gasteiger charge is 2.19. The van der Waals surface area contributed by atoms with E-state index in [1.54, 1.807) is 12.1 Å². The summed E-state index contributed by atoms with van der Waals surface area (Å²) >= 11 is 6.63. The summed E-state index contributed by atoms with van der Waals surface area (Å²) in [6.45, 7) is 0. The maximum atomic E-state index is 11.8. The van der Waals surface area contributed by atoms with E-state index in [1.807, 2.05) is 24.3 Å². The first kappa shape index (κ1) is 15.1. The van der Waals surface area contributed by atoms with E-state index in [4.69, 9.17) is 0 Å². The Hall–Kier alpha value is -1.27. The van der Waals surface area contributed by atoms with Gasteiger partial charge in [-0.3, -0.25) is 0 Å². The quantitative estimate of drug-likeness (QED) is 0.562. The van der Waals surface area contributed by atoms with E-state index < -0.39 is 10.0 Å². The van der Waals surface area contributed by atoms with E-state index in [9.17, 15) is 13.2 Å². The molecule has 0 aliphatic heterocycles. The average molecular weight is 417 g/mol. The number of rotatable bonds is 3. The molecule has 0 aliphatic rings. The van der Waals surface area contributed by atoms with E-state index in [2.05, 4.69) is 36.3 Å². The summed E-state index contributed by atoms with van der Waals surface area (Å²) in [4.78, 5) is 10.1. The minimum Gasteiger partial charge on any atom is -0.210 e. The highest BCUT2D eigenvalue weighted by Crippen LogP contribution is 2.34. The Balaban J connectivity index is 2.68. The van der Waals surface area contributed by atoms with Gasteiger partial charge in [-0.25, -0.2) is 4.79 Å². The van der Waals surface area contributed by atoms with Crippen molar-refractivity contribution < 1.29 is 13.2 Å². The Morgan fingerprint density at radius 1 is 1.05 bits per heavy atom. The first-order valence-electron chi connectivity index (χ1n) is 5.34. The summed E-state index contributed by atoms with van der Waals surface area (Å²) in [6.07, 6.45) is 1.06. The summed E-state index contributed by atoms with van der Waals surface area (Å²) in [5, 5.41) is 0. The lowest BCUT2D eigenvalue weighted by Crippen LogP contribution is -1.98. The van der Waals surface area contributed by atoms with E-state index in [0.717, 1.165) is 16.1 Å². The van der Waals surface area contributed by atoms with Crippen LogP contribution in [0.2, 0.25) is 0 Å². The van der Waals surface area contributed by atoms with Crippen molar-refractivity contribution in [1.29, 1.82) is 0 Å². The van der Waals surface area contributed by atoms with Crippen molar-refractivity contribution in [1.82, 2.24) is 0 Å². The van der Waals surface area contributed by atoms with Crippen molar-refractivity contribution in [3.05, 3.63) is 51.4 Å². The van der Waals surface area contributed by atoms with Gasteiger partial charge >= 0.3 is 0 Å². The van der Waals surface area contributed by atoms with Crippen LogP contribution < -0.4 is 0 Å². The van der Waals surface area contributed by atoms with Crippen LogP contribution in [-0.4, -0.2) is 14.5 Å². The summed E-state index contributed by atoms with van der Waals surface area (Å²) in [5.41, 5.74) is 1.52. The van der Waals surface area contributed by atoms with E-state index in [0.29, 0.717) is 10.0 Å². The number of benzene rings is 2. The summed E-state index contributed by atoms with van der Waals surface area (Å²) in [6, 6.07) is 12.2. The van der Waals surface area contributed by atoms with Gasteiger partial charge in [-0.05, 0) is 45.3 Å². The molecule has 7 heteroatoms. The molecular weight excluding hydrogens is 410 g/mol. The first-order chi connectivity index (χ1) is 9.45. The molecule has 0 heterocycles. The zero-order valence-corrected chi connectivity index (χ0v) is 13.9. The first-order valence-corrected chi connectivity index (χ1v) is 8.37. The summed E-state index contributed by atoms with van der Waals surface area (Å²) in [5.74, 6) is 0. The smallest absolute Gasteiger partial charge is 0.210 e. The van der Waals surface area contributed by atoms with Crippen molar-refractivity contribution in [2.75, 3.05) is 0 Å². The molecule has 0 aromatic heterocycles. The molecule has 0 radical (unpaired) electrons. The topological polar surface area (TPSA) is 63.6 Å². The molecule has 0 saturated heterocycles. The zero-order chi connectivity index (χ0) is 14.8. The van der Waals surface area contributed by atoms with Gasteiger partial charge in [0.2, 0.25) is 0 Å². The molecular formula is C13H7Br2NO3S. The number of carbonyl (C=O) groups excluding carboxylic acids is 1. The Bertz CT molecular complexity index is 812. The lowest BCUT2D eigenvalue weighted by Gasteiger charge is -2.08. The minimum atomic E-state index is -4.04. The normalized spacial score (nSPS) is 10.9. The van der Waals surface area contributed by atoms with Crippen LogP contribution >= 0.6 is 31.9 Å². The molecule has 0 saturated carbocycles. The van der Waals surface area contributed by atoms with Gasteiger partial charge < -0.3 is 0 Å². The predicted octanol–water partition coefficient (Wildman–Crippen LogP) is 3.90. The van der Waals surface area contributed by atoms with Gasteiger partial charge in [0.1, 0.15) is 4.90 Å². The van der Waals surface area contributed by atoms with Crippen LogP contribution in [0.5, 0.6) is 0 Å². The van der Waals surface area contributed by atoms with Crippen LogP contribution in [0, 0.1) is 0 Å². The van der Waals surface area contributed by atoms with Crippen molar-refractivity contribution in [3.63, 3.8) is 0 Å². The fourth-order valence-electron chi connectivity index (χ4n) is 1.69. The monoisotopic (exact) mass is 415 g/mol. The molecule has 0 spiro atoms. The average Bonchev–Trinajstić information content (AvgIpc) is 2.38. The lowest BCUT2D eigenvalue weighted by atomic mass is 10.1. The molecule has 0 aliphatic carbocycles. The molecule has 102 valence electrons. The number of nitrogens with zero attached hydrogens (tertiary/aromatic N) is 1. The summed E-state index contributed by atoms with van der Waals surface area (Å²) < 4.78 is 27.8. The van der Waals surface area contributed by atoms with Crippen molar-refractivity contribution >= 4 is 48.0 Å². The molecule has 0 unspecified atom stereocenters. The highest BCUT2D eigenvalue weighted by molar-refractivity contribution is 9.11. The van der Waals surface area contributed by atoms with Gasteiger partial charge in [0.25, 0.3) is 16.1 Å². The third-order valence-electron chi connectivity index (χ3n) is 2.53. The van der Waals surface area contributed by atoms with Crippen LogP contribution in [0.4, 0.5) is 0 Å². The third-order valence-corrected chi connectivity index (χ3v) is 5.36. The lowest BCUT2D eigenvalue weighted by molar-refractivity contribution is 0.563. The second kappa shape index (κ2) is 6.01. The molecule has 0 fully saturated rings. The van der Waals surface area contributed by atoms with Crippen molar-refractivity contribution in [3.8, 4) is 11.1 Å². The maximum Gasteiger partial charge on any atom is 0.293 e. The van der Waals surface area contributed by atoms with Gasteiger partial charge in [0.05, 0.1) is 0 Å². The van der Waals surface area contributed by atoms with Gasteiger partial charge in [-0.2, -0.15) is 8.42 Å². The van der Waals surface area contributed by atoms with E-state index in [1.165, 1.54) is 6.07 Å². The molecule has 2 aromatic carbocycles. The number of hydrogen-bond acceptors (Lipinski definition) is 3. The van der Waals surface area contributed by atoms with Crippen LogP contribution in [-0.2, 0) is 14.8 Å².